The van der Waals surface area contributed by atoms with Gasteiger partial charge in [-0.3, -0.25) is 13.8 Å². The summed E-state index contributed by atoms with van der Waals surface area (Å²) in [6.07, 6.45) is 4.36. The lowest BCUT2D eigenvalue weighted by atomic mass is 9.35. The number of carbonyl (C=O) groups excluding carboxylic acids is 3. The zero-order chi connectivity index (χ0) is 26.8. The van der Waals surface area contributed by atoms with Crippen molar-refractivity contribution in [3.05, 3.63) is 24.3 Å². The van der Waals surface area contributed by atoms with Gasteiger partial charge < -0.3 is 14.4 Å². The number of morpholine rings is 1. The summed E-state index contributed by atoms with van der Waals surface area (Å²) in [4.78, 5) is 42.5. The zero-order valence-electron chi connectivity index (χ0n) is 21.8. The average Bonchev–Trinajstić information content (AvgIpc) is 2.87. The molecule has 6 aliphatic rings. The van der Waals surface area contributed by atoms with Crippen molar-refractivity contribution in [2.45, 2.75) is 45.4 Å². The minimum Gasteiger partial charge on any atom is -0.449 e. The lowest BCUT2D eigenvalue weighted by Crippen LogP contribution is -2.69. The first-order chi connectivity index (χ1) is 17.4. The molecule has 6 rings (SSSR count). The van der Waals surface area contributed by atoms with Gasteiger partial charge in [0, 0.05) is 24.4 Å². The Labute approximate surface area is 218 Å². The summed E-state index contributed by atoms with van der Waals surface area (Å²) in [5.41, 5.74) is -1.88. The normalized spacial score (nSPS) is 39.8. The van der Waals surface area contributed by atoms with E-state index in [0.29, 0.717) is 63.1 Å². The number of carbonyl (C=O) groups is 3. The van der Waals surface area contributed by atoms with E-state index in [1.165, 1.54) is 0 Å². The lowest BCUT2D eigenvalue weighted by Gasteiger charge is -2.67. The third-order valence-electron chi connectivity index (χ3n) is 9.93. The second kappa shape index (κ2) is 9.02. The molecule has 2 bridgehead atoms. The van der Waals surface area contributed by atoms with Gasteiger partial charge in [0.15, 0.2) is 11.6 Å². The van der Waals surface area contributed by atoms with Crippen molar-refractivity contribution in [3.8, 4) is 0 Å². The number of allylic oxidation sites excluding steroid dienone is 2. The van der Waals surface area contributed by atoms with E-state index >= 15 is 0 Å². The van der Waals surface area contributed by atoms with Gasteiger partial charge >= 0.3 is 6.09 Å². The number of amides is 1. The second-order valence-corrected chi connectivity index (χ2v) is 13.6. The quantitative estimate of drug-likeness (QED) is 0.300. The van der Waals surface area contributed by atoms with Crippen LogP contribution < -0.4 is 0 Å². The summed E-state index contributed by atoms with van der Waals surface area (Å²) in [7, 11) is -3.72. The standard InChI is InChI=1S/C27H37NO8S/c1-17-19-6-9-27(22(17)29)20(14-19)26(16-35-24(31)28-10-12-34-13-11-28)8-5-7-25(3,15-36-37(4,32)33)21(26)18(2)23(27)30/h19-21H,1-2,5-16H2,3-4H3/t19-,20?,21?,25-,26+,27-/m0/s1. The largest absolute Gasteiger partial charge is 0.449 e. The van der Waals surface area contributed by atoms with Gasteiger partial charge in [0.1, 0.15) is 0 Å². The molecule has 1 aliphatic heterocycles. The molecule has 37 heavy (non-hydrogen) atoms. The monoisotopic (exact) mass is 535 g/mol. The van der Waals surface area contributed by atoms with Gasteiger partial charge in [0.25, 0.3) is 10.1 Å². The summed E-state index contributed by atoms with van der Waals surface area (Å²) >= 11 is 0. The Morgan fingerprint density at radius 3 is 2.43 bits per heavy atom. The highest BCUT2D eigenvalue weighted by Gasteiger charge is 2.73. The van der Waals surface area contributed by atoms with Crippen molar-refractivity contribution in [1.29, 1.82) is 0 Å². The summed E-state index contributed by atoms with van der Waals surface area (Å²) in [6, 6.07) is 0. The predicted molar refractivity (Wildman–Crippen MR) is 134 cm³/mol. The SMILES string of the molecule is C=C1C(=O)[C@@]23CC[C@@H](CC2[C@]2(COC(=O)N4CCOCC4)CCC[C@@](C)(COS(C)(=O)=O)C12)C(=C)C3=O. The fourth-order valence-electron chi connectivity index (χ4n) is 8.39. The molecule has 9 nitrogen and oxygen atoms in total. The molecule has 5 saturated carbocycles. The number of hydrogen-bond acceptors (Lipinski definition) is 8. The molecule has 0 radical (unpaired) electrons. The van der Waals surface area contributed by atoms with Crippen LogP contribution in [0.2, 0.25) is 0 Å². The van der Waals surface area contributed by atoms with Crippen molar-refractivity contribution < 1.29 is 36.5 Å². The second-order valence-electron chi connectivity index (χ2n) is 12.0. The Morgan fingerprint density at radius 1 is 1.08 bits per heavy atom. The molecule has 0 aromatic rings. The molecule has 2 unspecified atom stereocenters. The van der Waals surface area contributed by atoms with E-state index in [1.54, 1.807) is 4.90 Å². The van der Waals surface area contributed by atoms with Crippen molar-refractivity contribution in [1.82, 2.24) is 4.90 Å². The van der Waals surface area contributed by atoms with Crippen LogP contribution in [0.4, 0.5) is 4.79 Å². The molecule has 6 atom stereocenters. The highest BCUT2D eigenvalue weighted by molar-refractivity contribution is 7.85. The maximum atomic E-state index is 14.1. The molecule has 204 valence electrons. The van der Waals surface area contributed by atoms with Crippen LogP contribution in [-0.2, 0) is 33.4 Å². The molecule has 1 amide bonds. The third-order valence-corrected chi connectivity index (χ3v) is 10.5. The number of Topliss-reactive ketones (excluding diaryl/α,β-unsaturated/α-hetero) is 2. The van der Waals surface area contributed by atoms with Crippen LogP contribution in [0.25, 0.3) is 0 Å². The number of ether oxygens (including phenoxy) is 2. The van der Waals surface area contributed by atoms with Crippen LogP contribution in [0.15, 0.2) is 24.3 Å². The van der Waals surface area contributed by atoms with E-state index in [0.717, 1.165) is 19.1 Å². The average molecular weight is 536 g/mol. The Bertz CT molecular complexity index is 1160. The topological polar surface area (TPSA) is 116 Å². The first-order valence-electron chi connectivity index (χ1n) is 13.2. The van der Waals surface area contributed by atoms with E-state index in [2.05, 4.69) is 13.2 Å². The maximum Gasteiger partial charge on any atom is 0.409 e. The smallest absolute Gasteiger partial charge is 0.409 e. The van der Waals surface area contributed by atoms with Gasteiger partial charge in [0.05, 0.1) is 38.1 Å². The summed E-state index contributed by atoms with van der Waals surface area (Å²) in [6.45, 7) is 11.9. The van der Waals surface area contributed by atoms with E-state index in [-0.39, 0.29) is 36.6 Å². The predicted octanol–water partition coefficient (Wildman–Crippen LogP) is 2.90. The molecule has 5 aliphatic carbocycles. The van der Waals surface area contributed by atoms with Gasteiger partial charge in [-0.2, -0.15) is 8.42 Å². The van der Waals surface area contributed by atoms with Crippen LogP contribution in [0.3, 0.4) is 0 Å². The van der Waals surface area contributed by atoms with Crippen LogP contribution in [0.1, 0.15) is 45.4 Å². The summed E-state index contributed by atoms with van der Waals surface area (Å²) in [5, 5.41) is 0. The first-order valence-corrected chi connectivity index (χ1v) is 15.0. The number of fused-ring (bicyclic) bond motifs is 3. The van der Waals surface area contributed by atoms with Gasteiger partial charge in [-0.05, 0) is 60.5 Å². The summed E-state index contributed by atoms with van der Waals surface area (Å²) in [5.74, 6) is -1.28. The van der Waals surface area contributed by atoms with Crippen LogP contribution in [-0.4, -0.2) is 76.8 Å². The van der Waals surface area contributed by atoms with Gasteiger partial charge in [-0.1, -0.05) is 26.5 Å². The molecule has 1 heterocycles. The Morgan fingerprint density at radius 2 is 1.76 bits per heavy atom. The molecular weight excluding hydrogens is 498 g/mol. The van der Waals surface area contributed by atoms with Crippen LogP contribution >= 0.6 is 0 Å². The highest BCUT2D eigenvalue weighted by Crippen LogP contribution is 2.71. The number of hydrogen-bond donors (Lipinski definition) is 0. The number of ketones is 2. The van der Waals surface area contributed by atoms with E-state index in [4.69, 9.17) is 13.7 Å². The Kier molecular flexibility index (Phi) is 6.47. The van der Waals surface area contributed by atoms with Gasteiger partial charge in [-0.25, -0.2) is 4.79 Å². The lowest BCUT2D eigenvalue weighted by molar-refractivity contribution is -0.187. The van der Waals surface area contributed by atoms with Crippen molar-refractivity contribution in [2.24, 2.45) is 34.0 Å². The van der Waals surface area contributed by atoms with E-state index in [1.807, 2.05) is 6.92 Å². The van der Waals surface area contributed by atoms with Crippen LogP contribution in [0, 0.1) is 34.0 Å². The molecular formula is C27H37NO8S. The number of rotatable bonds is 5. The van der Waals surface area contributed by atoms with Crippen molar-refractivity contribution in [2.75, 3.05) is 45.8 Å². The Balaban J connectivity index is 1.57. The van der Waals surface area contributed by atoms with Crippen molar-refractivity contribution >= 4 is 27.8 Å². The Hall–Kier alpha value is -2.04. The minimum absolute atomic E-state index is 0.00791. The maximum absolute atomic E-state index is 14.1. The third kappa shape index (κ3) is 4.01. The molecule has 1 spiro atoms. The number of nitrogens with zero attached hydrogens (tertiary/aromatic N) is 1. The summed E-state index contributed by atoms with van der Waals surface area (Å²) < 4.78 is 40.6. The van der Waals surface area contributed by atoms with Gasteiger partial charge in [0.2, 0.25) is 0 Å². The molecule has 1 saturated heterocycles. The highest BCUT2D eigenvalue weighted by atomic mass is 32.2. The molecule has 0 aromatic carbocycles. The molecule has 0 aromatic heterocycles. The van der Waals surface area contributed by atoms with Gasteiger partial charge in [-0.15, -0.1) is 0 Å². The molecule has 10 heteroatoms. The minimum atomic E-state index is -3.72. The first kappa shape index (κ1) is 26.6. The van der Waals surface area contributed by atoms with E-state index < -0.39 is 38.4 Å². The fraction of sp³-hybridized carbons (Fsp3) is 0.741. The molecule has 0 N–H and O–H groups in total. The van der Waals surface area contributed by atoms with E-state index in [9.17, 15) is 22.8 Å². The zero-order valence-corrected chi connectivity index (χ0v) is 22.6. The molecule has 6 fully saturated rings. The van der Waals surface area contributed by atoms with Crippen molar-refractivity contribution in [3.63, 3.8) is 0 Å². The van der Waals surface area contributed by atoms with Crippen LogP contribution in [0.5, 0.6) is 0 Å². The fourth-order valence-corrected chi connectivity index (χ4v) is 8.87.